The maximum atomic E-state index is 12.0. The molecule has 0 radical (unpaired) electrons. The fourth-order valence-corrected chi connectivity index (χ4v) is 4.23. The molecule has 2 aromatic rings. The lowest BCUT2D eigenvalue weighted by molar-refractivity contribution is 0.178. The number of hydrogen-bond acceptors (Lipinski definition) is 4. The van der Waals surface area contributed by atoms with E-state index in [-0.39, 0.29) is 4.87 Å². The molecule has 1 fully saturated rings. The molecule has 0 aliphatic carbocycles. The molecule has 5 heteroatoms. The third-order valence-electron chi connectivity index (χ3n) is 4.45. The van der Waals surface area contributed by atoms with Gasteiger partial charge in [0.2, 0.25) is 0 Å². The highest BCUT2D eigenvalue weighted by Gasteiger charge is 2.21. The molecule has 1 aliphatic rings. The minimum absolute atomic E-state index is 0.00335. The summed E-state index contributed by atoms with van der Waals surface area (Å²) in [5.74, 6) is 1.54. The normalized spacial score (nSPS) is 19.0. The van der Waals surface area contributed by atoms with Crippen LogP contribution in [0.25, 0.3) is 11.3 Å². The van der Waals surface area contributed by atoms with Crippen LogP contribution in [0.4, 0.5) is 0 Å². The van der Waals surface area contributed by atoms with E-state index in [0.717, 1.165) is 53.0 Å². The largest absolute Gasteiger partial charge is 0.496 e. The third kappa shape index (κ3) is 3.67. The molecule has 4 nitrogen and oxygen atoms in total. The maximum absolute atomic E-state index is 12.0. The van der Waals surface area contributed by atoms with E-state index in [0.29, 0.717) is 0 Å². The molecule has 1 saturated heterocycles. The fourth-order valence-electron chi connectivity index (χ4n) is 3.34. The molecule has 0 saturated carbocycles. The van der Waals surface area contributed by atoms with E-state index in [1.54, 1.807) is 7.11 Å². The van der Waals surface area contributed by atoms with E-state index in [1.165, 1.54) is 24.2 Å². The minimum Gasteiger partial charge on any atom is -0.496 e. The van der Waals surface area contributed by atoms with Gasteiger partial charge in [-0.05, 0) is 44.4 Å². The number of methoxy groups -OCH3 is 1. The second kappa shape index (κ2) is 6.89. The molecule has 0 spiro atoms. The zero-order chi connectivity index (χ0) is 16.4. The van der Waals surface area contributed by atoms with Crippen molar-refractivity contribution in [1.82, 2.24) is 9.88 Å². The van der Waals surface area contributed by atoms with Crippen LogP contribution in [0.3, 0.4) is 0 Å². The molecule has 2 heterocycles. The van der Waals surface area contributed by atoms with Crippen molar-refractivity contribution in [3.05, 3.63) is 38.3 Å². The van der Waals surface area contributed by atoms with Gasteiger partial charge in [-0.15, -0.1) is 0 Å². The van der Waals surface area contributed by atoms with Crippen LogP contribution in [-0.2, 0) is 6.54 Å². The summed E-state index contributed by atoms with van der Waals surface area (Å²) in [6.07, 6.45) is 2.54. The Morgan fingerprint density at radius 1 is 1.43 bits per heavy atom. The van der Waals surface area contributed by atoms with Crippen molar-refractivity contribution >= 4 is 11.3 Å². The van der Waals surface area contributed by atoms with Crippen LogP contribution in [0.15, 0.2) is 23.0 Å². The third-order valence-corrected chi connectivity index (χ3v) is 5.32. The van der Waals surface area contributed by atoms with Gasteiger partial charge in [-0.2, -0.15) is 0 Å². The summed E-state index contributed by atoms with van der Waals surface area (Å²) in [7, 11) is 1.67. The van der Waals surface area contributed by atoms with Gasteiger partial charge >= 0.3 is 4.87 Å². The van der Waals surface area contributed by atoms with Gasteiger partial charge in [0.25, 0.3) is 0 Å². The van der Waals surface area contributed by atoms with Gasteiger partial charge in [0.15, 0.2) is 0 Å². The summed E-state index contributed by atoms with van der Waals surface area (Å²) in [5.41, 5.74) is 3.05. The van der Waals surface area contributed by atoms with E-state index in [4.69, 9.17) is 4.74 Å². The van der Waals surface area contributed by atoms with Gasteiger partial charge in [0.1, 0.15) is 5.75 Å². The topological polar surface area (TPSA) is 45.3 Å². The molecule has 1 unspecified atom stereocenters. The number of rotatable bonds is 4. The molecule has 0 bridgehead atoms. The number of thiazole rings is 1. The average Bonchev–Trinajstić information content (AvgIpc) is 2.87. The number of piperidine rings is 1. The molecule has 124 valence electrons. The smallest absolute Gasteiger partial charge is 0.305 e. The standard InChI is InChI=1S/C18H24N2O2S/c1-12-6-7-15(22-3)14(9-12)17-16(23-18(21)19-17)11-20-8-4-5-13(2)10-20/h6-7,9,13H,4-5,8,10-11H2,1-3H3,(H,19,21). The molecule has 1 N–H and O–H groups in total. The number of benzene rings is 1. The number of aromatic nitrogens is 1. The monoisotopic (exact) mass is 332 g/mol. The first kappa shape index (κ1) is 16.3. The lowest BCUT2D eigenvalue weighted by Gasteiger charge is -2.30. The molecule has 1 aromatic heterocycles. The van der Waals surface area contributed by atoms with Crippen molar-refractivity contribution in [2.45, 2.75) is 33.2 Å². The summed E-state index contributed by atoms with van der Waals surface area (Å²) in [4.78, 5) is 18.6. The first-order valence-corrected chi connectivity index (χ1v) is 8.98. The van der Waals surface area contributed by atoms with Crippen molar-refractivity contribution in [1.29, 1.82) is 0 Å². The van der Waals surface area contributed by atoms with Crippen LogP contribution in [-0.4, -0.2) is 30.1 Å². The van der Waals surface area contributed by atoms with Crippen LogP contribution in [0.2, 0.25) is 0 Å². The number of likely N-dealkylation sites (tertiary alicyclic amines) is 1. The quantitative estimate of drug-likeness (QED) is 0.929. The SMILES string of the molecule is COc1ccc(C)cc1-c1[nH]c(=O)sc1CN1CCCC(C)C1. The number of aryl methyl sites for hydroxylation is 1. The zero-order valence-electron chi connectivity index (χ0n) is 14.0. The number of H-pyrrole nitrogens is 1. The molecular formula is C18H24N2O2S. The predicted molar refractivity (Wildman–Crippen MR) is 95.3 cm³/mol. The number of nitrogens with one attached hydrogen (secondary N) is 1. The lowest BCUT2D eigenvalue weighted by atomic mass is 10.00. The first-order valence-electron chi connectivity index (χ1n) is 8.16. The maximum Gasteiger partial charge on any atom is 0.305 e. The molecule has 1 aromatic carbocycles. The van der Waals surface area contributed by atoms with E-state index in [9.17, 15) is 4.79 Å². The number of hydrogen-bond donors (Lipinski definition) is 1. The Bertz CT molecular complexity index is 735. The fraction of sp³-hybridized carbons (Fsp3) is 0.500. The van der Waals surface area contributed by atoms with Crippen molar-refractivity contribution in [2.24, 2.45) is 5.92 Å². The van der Waals surface area contributed by atoms with E-state index >= 15 is 0 Å². The summed E-state index contributed by atoms with van der Waals surface area (Å²) in [5, 5.41) is 0. The predicted octanol–water partition coefficient (Wildman–Crippen LogP) is 3.65. The number of nitrogens with zero attached hydrogens (tertiary/aromatic N) is 1. The van der Waals surface area contributed by atoms with E-state index in [2.05, 4.69) is 29.8 Å². The Labute approximate surface area is 141 Å². The van der Waals surface area contributed by atoms with Crippen molar-refractivity contribution in [2.75, 3.05) is 20.2 Å². The van der Waals surface area contributed by atoms with Crippen LogP contribution >= 0.6 is 11.3 Å². The molecule has 0 amide bonds. The van der Waals surface area contributed by atoms with Crippen LogP contribution in [0.5, 0.6) is 5.75 Å². The van der Waals surface area contributed by atoms with Crippen molar-refractivity contribution in [3.8, 4) is 17.0 Å². The van der Waals surface area contributed by atoms with Gasteiger partial charge in [-0.1, -0.05) is 29.9 Å². The van der Waals surface area contributed by atoms with E-state index < -0.39 is 0 Å². The highest BCUT2D eigenvalue weighted by Crippen LogP contribution is 2.33. The van der Waals surface area contributed by atoms with Gasteiger partial charge in [-0.25, -0.2) is 0 Å². The molecular weight excluding hydrogens is 308 g/mol. The van der Waals surface area contributed by atoms with Gasteiger partial charge in [0, 0.05) is 23.5 Å². The van der Waals surface area contributed by atoms with Gasteiger partial charge in [0.05, 0.1) is 12.8 Å². The Kier molecular flexibility index (Phi) is 4.87. The number of aromatic amines is 1. The Balaban J connectivity index is 1.95. The zero-order valence-corrected chi connectivity index (χ0v) is 14.8. The van der Waals surface area contributed by atoms with Gasteiger partial charge < -0.3 is 9.72 Å². The highest BCUT2D eigenvalue weighted by molar-refractivity contribution is 7.09. The molecule has 1 atom stereocenters. The van der Waals surface area contributed by atoms with Gasteiger partial charge in [-0.3, -0.25) is 9.69 Å². The Hall–Kier alpha value is -1.59. The van der Waals surface area contributed by atoms with Crippen molar-refractivity contribution < 1.29 is 4.74 Å². The summed E-state index contributed by atoms with van der Waals surface area (Å²) < 4.78 is 5.50. The summed E-state index contributed by atoms with van der Waals surface area (Å²) in [6.45, 7) is 7.41. The van der Waals surface area contributed by atoms with E-state index in [1.807, 2.05) is 12.1 Å². The highest BCUT2D eigenvalue weighted by atomic mass is 32.1. The summed E-state index contributed by atoms with van der Waals surface area (Å²) in [6, 6.07) is 6.07. The second-order valence-electron chi connectivity index (χ2n) is 6.50. The summed E-state index contributed by atoms with van der Waals surface area (Å²) >= 11 is 1.32. The Morgan fingerprint density at radius 2 is 2.26 bits per heavy atom. The first-order chi connectivity index (χ1) is 11.1. The van der Waals surface area contributed by atoms with Crippen LogP contribution < -0.4 is 9.61 Å². The van der Waals surface area contributed by atoms with Crippen LogP contribution in [0, 0.1) is 12.8 Å². The molecule has 1 aliphatic heterocycles. The second-order valence-corrected chi connectivity index (χ2v) is 7.57. The number of ether oxygens (including phenoxy) is 1. The van der Waals surface area contributed by atoms with Crippen molar-refractivity contribution in [3.63, 3.8) is 0 Å². The van der Waals surface area contributed by atoms with Crippen LogP contribution in [0.1, 0.15) is 30.2 Å². The molecule has 23 heavy (non-hydrogen) atoms. The molecule has 3 rings (SSSR count). The lowest BCUT2D eigenvalue weighted by Crippen LogP contribution is -2.33. The average molecular weight is 332 g/mol. The Morgan fingerprint density at radius 3 is 3.00 bits per heavy atom. The minimum atomic E-state index is 0.00335.